The van der Waals surface area contributed by atoms with Crippen LogP contribution in [-0.4, -0.2) is 51.2 Å². The van der Waals surface area contributed by atoms with Gasteiger partial charge in [0.1, 0.15) is 0 Å². The fraction of sp³-hybridized carbons (Fsp3) is 0.917. The summed E-state index contributed by atoms with van der Waals surface area (Å²) in [5.41, 5.74) is 0. The van der Waals surface area contributed by atoms with Gasteiger partial charge in [0.25, 0.3) is 0 Å². The van der Waals surface area contributed by atoms with Crippen LogP contribution in [0.1, 0.15) is 19.3 Å². The van der Waals surface area contributed by atoms with E-state index in [0.717, 1.165) is 16.0 Å². The molecule has 0 aromatic carbocycles. The third kappa shape index (κ3) is 19.9. The van der Waals surface area contributed by atoms with Crippen molar-refractivity contribution in [3.63, 3.8) is 0 Å². The summed E-state index contributed by atoms with van der Waals surface area (Å²) in [6.07, 6.45) is 4.11. The molecule has 0 amide bonds. The quantitative estimate of drug-likeness (QED) is 0.312. The van der Waals surface area contributed by atoms with Crippen molar-refractivity contribution in [3.8, 4) is 0 Å². The molecule has 2 unspecified atom stereocenters. The fourth-order valence-corrected chi connectivity index (χ4v) is 3.30. The van der Waals surface area contributed by atoms with E-state index in [9.17, 15) is 0 Å². The van der Waals surface area contributed by atoms with E-state index in [1.807, 2.05) is 18.8 Å². The molecular weight excluding hydrogens is 477 g/mol. The molecule has 2 atom stereocenters. The van der Waals surface area contributed by atoms with Crippen molar-refractivity contribution >= 4 is 27.7 Å². The van der Waals surface area contributed by atoms with Crippen molar-refractivity contribution < 1.29 is 25.8 Å². The van der Waals surface area contributed by atoms with Gasteiger partial charge in [-0.15, -0.1) is 5.88 Å². The van der Waals surface area contributed by atoms with E-state index in [-0.39, 0.29) is 33.3 Å². The van der Waals surface area contributed by atoms with Crippen LogP contribution in [0.4, 0.5) is 0 Å². The minimum atomic E-state index is 0. The van der Waals surface area contributed by atoms with E-state index in [2.05, 4.69) is 31.9 Å². The monoisotopic (exact) mass is 505 g/mol. The average Bonchev–Trinajstić information content (AvgIpc) is 2.63. The number of hydrogen-bond donors (Lipinski definition) is 0. The first-order chi connectivity index (χ1) is 7.67. The molecule has 0 heterocycles. The first kappa shape index (κ1) is 27.8. The molecule has 6 heteroatoms. The van der Waals surface area contributed by atoms with E-state index < -0.39 is 0 Å². The van der Waals surface area contributed by atoms with Gasteiger partial charge < -0.3 is 23.4 Å². The Bertz CT molecular complexity index is 132. The number of nitrogens with zero attached hydrogens (tertiary/aromatic N) is 3. The zero-order valence-corrected chi connectivity index (χ0v) is 18.6. The smallest absolute Gasteiger partial charge is 0.668 e. The van der Waals surface area contributed by atoms with Crippen LogP contribution in [0.5, 0.6) is 0 Å². The average molecular weight is 505 g/mol. The molecule has 1 saturated carbocycles. The first-order valence-electron chi connectivity index (χ1n) is 5.44. The van der Waals surface area contributed by atoms with Gasteiger partial charge in [0, 0.05) is 10.1 Å². The molecule has 0 saturated heterocycles. The predicted octanol–water partition coefficient (Wildman–Crippen LogP) is 4.68. The van der Waals surface area contributed by atoms with Crippen molar-refractivity contribution in [1.82, 2.24) is 0 Å². The van der Waals surface area contributed by atoms with Gasteiger partial charge in [-0.05, 0) is 12.8 Å². The summed E-state index contributed by atoms with van der Waals surface area (Å²) in [5, 5.41) is 11.9. The molecular formula is C12H28BrHfN3S. The third-order valence-electron chi connectivity index (χ3n) is 1.79. The Labute approximate surface area is 146 Å². The van der Waals surface area contributed by atoms with E-state index in [4.69, 9.17) is 0 Å². The molecule has 0 aliphatic heterocycles. The molecule has 108 valence electrons. The van der Waals surface area contributed by atoms with Crippen LogP contribution in [0.15, 0.2) is 0 Å². The molecule has 3 nitrogen and oxygen atoms in total. The normalized spacial score (nSPS) is 20.3. The van der Waals surface area contributed by atoms with Gasteiger partial charge in [0.05, 0.1) is 0 Å². The molecule has 0 radical (unpaired) electrons. The van der Waals surface area contributed by atoms with Gasteiger partial charge in [0.15, 0.2) is 0 Å². The van der Waals surface area contributed by atoms with Crippen LogP contribution in [0.3, 0.4) is 0 Å². The number of thioether (sulfide) groups is 1. The Hall–Kier alpha value is 1.58. The van der Waals surface area contributed by atoms with Gasteiger partial charge in [-0.1, -0.05) is 22.4 Å². The van der Waals surface area contributed by atoms with Gasteiger partial charge in [-0.25, -0.2) is 0 Å². The van der Waals surface area contributed by atoms with Crippen molar-refractivity contribution in [1.29, 1.82) is 0 Å². The fourth-order valence-electron chi connectivity index (χ4n) is 1.24. The Morgan fingerprint density at radius 1 is 1.06 bits per heavy atom. The maximum atomic E-state index is 4.08. The minimum absolute atomic E-state index is 0. The van der Waals surface area contributed by atoms with E-state index >= 15 is 0 Å². The molecule has 0 aromatic rings. The topological polar surface area (TPSA) is 42.3 Å². The Kier molecular flexibility index (Phi) is 36.6. The number of alkyl halides is 1. The third-order valence-corrected chi connectivity index (χ3v) is 4.64. The molecule has 0 bridgehead atoms. The van der Waals surface area contributed by atoms with Gasteiger partial charge in [-0.3, -0.25) is 0 Å². The molecule has 0 N–H and O–H groups in total. The van der Waals surface area contributed by atoms with Crippen molar-refractivity contribution in [2.24, 2.45) is 0 Å². The predicted molar refractivity (Wildman–Crippen MR) is 88.9 cm³/mol. The van der Waals surface area contributed by atoms with Crippen LogP contribution in [0.25, 0.3) is 16.0 Å². The molecule has 0 spiro atoms. The van der Waals surface area contributed by atoms with E-state index in [0.29, 0.717) is 0 Å². The Morgan fingerprint density at radius 3 is 1.78 bits per heavy atom. The molecule has 1 aliphatic rings. The minimum Gasteiger partial charge on any atom is -0.668 e. The van der Waals surface area contributed by atoms with E-state index in [1.165, 1.54) is 19.3 Å². The van der Waals surface area contributed by atoms with E-state index in [1.54, 1.807) is 28.2 Å². The summed E-state index contributed by atoms with van der Waals surface area (Å²) >= 11 is 5.65. The molecule has 1 aliphatic carbocycles. The SMILES string of the molecule is C[N-]C.C[N-]C.C[N-]CSC1CCCC1Br.[CH3-].[Hf+4]. The summed E-state index contributed by atoms with van der Waals surface area (Å²) < 4.78 is 0. The number of halogens is 1. The molecule has 1 rings (SSSR count). The van der Waals surface area contributed by atoms with Crippen LogP contribution < -0.4 is 0 Å². The Balaban J connectivity index is -0.000000106. The zero-order valence-electron chi connectivity index (χ0n) is 12.6. The number of hydrogen-bond acceptors (Lipinski definition) is 1. The zero-order chi connectivity index (χ0) is 12.8. The van der Waals surface area contributed by atoms with Gasteiger partial charge in [-0.2, -0.15) is 47.0 Å². The van der Waals surface area contributed by atoms with Crippen molar-refractivity contribution in [2.45, 2.75) is 29.3 Å². The second-order valence-corrected chi connectivity index (χ2v) is 5.86. The summed E-state index contributed by atoms with van der Waals surface area (Å²) in [6.45, 7) is 0. The molecule has 18 heavy (non-hydrogen) atoms. The van der Waals surface area contributed by atoms with Crippen molar-refractivity contribution in [3.05, 3.63) is 23.4 Å². The standard InChI is InChI=1S/C7H13BrNS.2C2H6N.CH3.Hf/c1-9-5-10-7-4-2-3-6(7)8;2*1-3-2;;/h6-7H,2-5H2,1H3;2*1-2H3;1H3;/q4*-1;+4. The van der Waals surface area contributed by atoms with Crippen LogP contribution in [0, 0.1) is 7.43 Å². The van der Waals surface area contributed by atoms with Gasteiger partial charge in [0.2, 0.25) is 0 Å². The summed E-state index contributed by atoms with van der Waals surface area (Å²) in [6, 6.07) is 0. The summed E-state index contributed by atoms with van der Waals surface area (Å²) in [5.74, 6) is 0.965. The summed E-state index contributed by atoms with van der Waals surface area (Å²) in [7, 11) is 8.88. The maximum Gasteiger partial charge on any atom is 4.00 e. The van der Waals surface area contributed by atoms with Crippen LogP contribution >= 0.6 is 27.7 Å². The van der Waals surface area contributed by atoms with Crippen LogP contribution in [0.2, 0.25) is 0 Å². The second kappa shape index (κ2) is 23.7. The van der Waals surface area contributed by atoms with Crippen molar-refractivity contribution in [2.75, 3.05) is 41.1 Å². The van der Waals surface area contributed by atoms with Crippen LogP contribution in [-0.2, 0) is 25.8 Å². The largest absolute Gasteiger partial charge is 4.00 e. The first-order valence-corrected chi connectivity index (χ1v) is 7.41. The van der Waals surface area contributed by atoms with Gasteiger partial charge >= 0.3 is 25.8 Å². The Morgan fingerprint density at radius 2 is 1.50 bits per heavy atom. The number of rotatable bonds is 3. The molecule has 1 fully saturated rings. The summed E-state index contributed by atoms with van der Waals surface area (Å²) in [4.78, 5) is 0.749. The molecule has 0 aromatic heterocycles. The maximum absolute atomic E-state index is 4.08. The second-order valence-electron chi connectivity index (χ2n) is 3.49.